The molecule has 1 N–H and O–H groups in total. The molecule has 1 amide bonds. The molecule has 0 radical (unpaired) electrons. The van der Waals surface area contributed by atoms with E-state index in [1.807, 2.05) is 24.3 Å². The van der Waals surface area contributed by atoms with Crippen molar-refractivity contribution in [1.82, 2.24) is 5.32 Å². The first kappa shape index (κ1) is 15.0. The normalized spacial score (nSPS) is 10.3. The fraction of sp³-hybridized carbons (Fsp3) is 0.133. The molecule has 0 unspecified atom stereocenters. The lowest BCUT2D eigenvalue weighted by molar-refractivity contribution is 0.0950. The van der Waals surface area contributed by atoms with E-state index in [0.717, 1.165) is 11.1 Å². The standard InChI is InChI=1S/C15H12BrClFNO/c16-13-5-12(6-14(18)7-13)15(20)19-9-11-3-1-10(8-17)2-4-11/h1-7H,8-9H2,(H,19,20). The molecule has 2 rings (SSSR count). The van der Waals surface area contributed by atoms with E-state index in [2.05, 4.69) is 21.2 Å². The van der Waals surface area contributed by atoms with E-state index in [-0.39, 0.29) is 11.5 Å². The third-order valence-corrected chi connectivity index (χ3v) is 3.52. The van der Waals surface area contributed by atoms with Crippen molar-refractivity contribution >= 4 is 33.4 Å². The molecule has 0 aliphatic rings. The molecule has 0 heterocycles. The van der Waals surface area contributed by atoms with Crippen molar-refractivity contribution in [3.05, 3.63) is 69.4 Å². The van der Waals surface area contributed by atoms with Gasteiger partial charge in [-0.15, -0.1) is 11.6 Å². The summed E-state index contributed by atoms with van der Waals surface area (Å²) in [6.07, 6.45) is 0. The molecule has 0 saturated carbocycles. The molecule has 2 aromatic rings. The van der Waals surface area contributed by atoms with Gasteiger partial charge in [0.1, 0.15) is 5.82 Å². The fourth-order valence-electron chi connectivity index (χ4n) is 1.72. The largest absolute Gasteiger partial charge is 0.348 e. The van der Waals surface area contributed by atoms with Crippen molar-refractivity contribution in [1.29, 1.82) is 0 Å². The van der Waals surface area contributed by atoms with Gasteiger partial charge in [0, 0.05) is 22.5 Å². The van der Waals surface area contributed by atoms with Crippen LogP contribution < -0.4 is 5.32 Å². The first-order valence-corrected chi connectivity index (χ1v) is 7.29. The van der Waals surface area contributed by atoms with Crippen LogP contribution in [0.1, 0.15) is 21.5 Å². The lowest BCUT2D eigenvalue weighted by Gasteiger charge is -2.07. The van der Waals surface area contributed by atoms with Crippen molar-refractivity contribution in [3.8, 4) is 0 Å². The average molecular weight is 357 g/mol. The van der Waals surface area contributed by atoms with Gasteiger partial charge in [0.05, 0.1) is 0 Å². The van der Waals surface area contributed by atoms with Gasteiger partial charge in [0.15, 0.2) is 0 Å². The quantitative estimate of drug-likeness (QED) is 0.815. The molecule has 0 aliphatic carbocycles. The Morgan fingerprint density at radius 1 is 1.15 bits per heavy atom. The van der Waals surface area contributed by atoms with Crippen molar-refractivity contribution in [2.24, 2.45) is 0 Å². The molecule has 0 aliphatic heterocycles. The number of halogens is 3. The summed E-state index contributed by atoms with van der Waals surface area (Å²) in [5.41, 5.74) is 2.27. The highest BCUT2D eigenvalue weighted by Gasteiger charge is 2.08. The van der Waals surface area contributed by atoms with Gasteiger partial charge in [-0.2, -0.15) is 0 Å². The molecule has 0 fully saturated rings. The Balaban J connectivity index is 2.00. The van der Waals surface area contributed by atoms with Crippen LogP contribution in [0.2, 0.25) is 0 Å². The number of nitrogens with one attached hydrogen (secondary N) is 1. The minimum atomic E-state index is -0.448. The van der Waals surface area contributed by atoms with Crippen molar-refractivity contribution < 1.29 is 9.18 Å². The summed E-state index contributed by atoms with van der Waals surface area (Å²) < 4.78 is 13.7. The molecule has 2 aromatic carbocycles. The van der Waals surface area contributed by atoms with Crippen molar-refractivity contribution in [2.45, 2.75) is 12.4 Å². The molecule has 0 atom stereocenters. The Labute approximate surface area is 130 Å². The Morgan fingerprint density at radius 3 is 2.40 bits per heavy atom. The maximum absolute atomic E-state index is 13.2. The van der Waals surface area contributed by atoms with Crippen molar-refractivity contribution in [3.63, 3.8) is 0 Å². The van der Waals surface area contributed by atoms with Gasteiger partial charge in [-0.25, -0.2) is 4.39 Å². The molecular weight excluding hydrogens is 345 g/mol. The first-order chi connectivity index (χ1) is 9.58. The summed E-state index contributed by atoms with van der Waals surface area (Å²) in [4.78, 5) is 11.9. The zero-order valence-electron chi connectivity index (χ0n) is 10.5. The third kappa shape index (κ3) is 4.05. The molecule has 104 valence electrons. The van der Waals surface area contributed by atoms with E-state index in [9.17, 15) is 9.18 Å². The predicted molar refractivity (Wildman–Crippen MR) is 81.3 cm³/mol. The van der Waals surface area contributed by atoms with Crippen LogP contribution in [0.15, 0.2) is 46.9 Å². The highest BCUT2D eigenvalue weighted by molar-refractivity contribution is 9.10. The number of alkyl halides is 1. The topological polar surface area (TPSA) is 29.1 Å². The molecule has 0 aromatic heterocycles. The Morgan fingerprint density at radius 2 is 1.80 bits per heavy atom. The summed E-state index contributed by atoms with van der Waals surface area (Å²) in [6.45, 7) is 0.384. The van der Waals surface area contributed by atoms with Gasteiger partial charge >= 0.3 is 0 Å². The zero-order chi connectivity index (χ0) is 14.5. The van der Waals surface area contributed by atoms with Crippen LogP contribution in [0, 0.1) is 5.82 Å². The SMILES string of the molecule is O=C(NCc1ccc(CCl)cc1)c1cc(F)cc(Br)c1. The number of hydrogen-bond donors (Lipinski definition) is 1. The molecule has 2 nitrogen and oxygen atoms in total. The number of rotatable bonds is 4. The van der Waals surface area contributed by atoms with E-state index < -0.39 is 5.82 Å². The number of amides is 1. The number of benzene rings is 2. The van der Waals surface area contributed by atoms with Crippen LogP contribution in [-0.4, -0.2) is 5.91 Å². The Kier molecular flexibility index (Phi) is 5.15. The average Bonchev–Trinajstić information content (AvgIpc) is 2.44. The summed E-state index contributed by atoms with van der Waals surface area (Å²) in [5, 5.41) is 2.75. The highest BCUT2D eigenvalue weighted by atomic mass is 79.9. The van der Waals surface area contributed by atoms with Gasteiger partial charge in [-0.05, 0) is 29.3 Å². The minimum absolute atomic E-state index is 0.286. The fourth-order valence-corrected chi connectivity index (χ4v) is 2.36. The molecule has 0 saturated heterocycles. The second-order valence-corrected chi connectivity index (χ2v) is 5.47. The monoisotopic (exact) mass is 355 g/mol. The first-order valence-electron chi connectivity index (χ1n) is 5.96. The molecule has 20 heavy (non-hydrogen) atoms. The second kappa shape index (κ2) is 6.86. The van der Waals surface area contributed by atoms with E-state index >= 15 is 0 Å². The molecule has 5 heteroatoms. The summed E-state index contributed by atoms with van der Waals surface area (Å²) in [6, 6.07) is 11.7. The van der Waals surface area contributed by atoms with Gasteiger partial charge in [0.2, 0.25) is 0 Å². The summed E-state index contributed by atoms with van der Waals surface area (Å²) in [7, 11) is 0. The Hall–Kier alpha value is -1.39. The van der Waals surface area contributed by atoms with Crippen molar-refractivity contribution in [2.75, 3.05) is 0 Å². The third-order valence-electron chi connectivity index (χ3n) is 2.76. The lowest BCUT2D eigenvalue weighted by Crippen LogP contribution is -2.22. The van der Waals surface area contributed by atoms with Crippen LogP contribution >= 0.6 is 27.5 Å². The molecular formula is C15H12BrClFNO. The van der Waals surface area contributed by atoms with E-state index in [4.69, 9.17) is 11.6 Å². The maximum atomic E-state index is 13.2. The molecule has 0 bridgehead atoms. The van der Waals surface area contributed by atoms with Crippen LogP contribution in [0.3, 0.4) is 0 Å². The van der Waals surface area contributed by atoms with Gasteiger partial charge in [-0.3, -0.25) is 4.79 Å². The summed E-state index contributed by atoms with van der Waals surface area (Å²) >= 11 is 8.87. The smallest absolute Gasteiger partial charge is 0.251 e. The highest BCUT2D eigenvalue weighted by Crippen LogP contribution is 2.15. The van der Waals surface area contributed by atoms with Crippen LogP contribution in [0.5, 0.6) is 0 Å². The number of hydrogen-bond acceptors (Lipinski definition) is 1. The van der Waals surface area contributed by atoms with E-state index in [1.54, 1.807) is 6.07 Å². The van der Waals surface area contributed by atoms with Gasteiger partial charge in [-0.1, -0.05) is 40.2 Å². The Bertz CT molecular complexity index is 596. The van der Waals surface area contributed by atoms with Crippen LogP contribution in [-0.2, 0) is 12.4 Å². The lowest BCUT2D eigenvalue weighted by atomic mass is 10.1. The molecule has 0 spiro atoms. The van der Waals surface area contributed by atoms with Gasteiger partial charge in [0.25, 0.3) is 5.91 Å². The zero-order valence-corrected chi connectivity index (χ0v) is 12.8. The second-order valence-electron chi connectivity index (χ2n) is 4.29. The van der Waals surface area contributed by atoms with E-state index in [1.165, 1.54) is 12.1 Å². The van der Waals surface area contributed by atoms with E-state index in [0.29, 0.717) is 16.9 Å². The predicted octanol–water partition coefficient (Wildman–Crippen LogP) is 4.26. The van der Waals surface area contributed by atoms with Crippen LogP contribution in [0.25, 0.3) is 0 Å². The number of carbonyl (C=O) groups excluding carboxylic acids is 1. The summed E-state index contributed by atoms with van der Waals surface area (Å²) in [5.74, 6) is -0.299. The van der Waals surface area contributed by atoms with Gasteiger partial charge < -0.3 is 5.32 Å². The minimum Gasteiger partial charge on any atom is -0.348 e. The maximum Gasteiger partial charge on any atom is 0.251 e. The van der Waals surface area contributed by atoms with Crippen LogP contribution in [0.4, 0.5) is 4.39 Å². The number of carbonyl (C=O) groups is 1.